The molecule has 3 fully saturated rings. The standard InChI is InChI=1S/3C18H32O3.C3H8O.Ti/c3*1-2-3-4-5-7-10-13-16-17(21-16)14-11-8-6-9-12-15-18(19)20;1-3(2)4;/h3*7,10,16-17H,2-6,8-9,11-15H2,1H3,(H,19,20);3-4H,1-2H3;. The van der Waals surface area contributed by atoms with Crippen LogP contribution in [0.25, 0.3) is 0 Å². The van der Waals surface area contributed by atoms with E-state index in [0.717, 1.165) is 77.0 Å². The van der Waals surface area contributed by atoms with Crippen molar-refractivity contribution in [1.82, 2.24) is 0 Å². The Morgan fingerprint density at radius 2 is 0.618 bits per heavy atom. The van der Waals surface area contributed by atoms with Crippen molar-refractivity contribution in [2.75, 3.05) is 0 Å². The maximum absolute atomic E-state index is 10.4. The Morgan fingerprint density at radius 3 is 0.853 bits per heavy atom. The molecule has 6 atom stereocenters. The van der Waals surface area contributed by atoms with E-state index in [0.29, 0.717) is 55.9 Å². The number of aliphatic hydroxyl groups is 1. The van der Waals surface area contributed by atoms with E-state index < -0.39 is 17.9 Å². The first-order valence-corrected chi connectivity index (χ1v) is 27.7. The third-order valence-corrected chi connectivity index (χ3v) is 12.2. The van der Waals surface area contributed by atoms with Crippen molar-refractivity contribution in [3.8, 4) is 0 Å². The van der Waals surface area contributed by atoms with Gasteiger partial charge in [0.15, 0.2) is 0 Å². The first-order chi connectivity index (χ1) is 32.4. The average molecular weight is 997 g/mol. The van der Waals surface area contributed by atoms with Crippen molar-refractivity contribution in [1.29, 1.82) is 0 Å². The number of aliphatic carboxylic acids is 3. The number of carboxylic acid groups (broad SMARTS) is 3. The fraction of sp³-hybridized carbons (Fsp3) is 0.842. The number of epoxide rings is 3. The quantitative estimate of drug-likeness (QED) is 0.0200. The van der Waals surface area contributed by atoms with Crippen molar-refractivity contribution in [2.24, 2.45) is 0 Å². The molecule has 4 N–H and O–H groups in total. The molecule has 0 aromatic heterocycles. The SMILES string of the molecule is CC(C)O.CCCCCC=CCC1OC1CCCCCCCC(=O)O.CCCCCC=CCC1OC1CCCCCCCC(=O)O.CCCCCC=CCC1OC1CCCCCCCC(=O)O.[Ti]. The Bertz CT molecular complexity index is 1090. The van der Waals surface area contributed by atoms with Gasteiger partial charge < -0.3 is 34.6 Å². The average Bonchev–Trinajstić information content (AvgIpc) is 4.22. The van der Waals surface area contributed by atoms with Gasteiger partial charge in [-0.1, -0.05) is 173 Å². The van der Waals surface area contributed by atoms with Gasteiger partial charge in [0.1, 0.15) is 0 Å². The summed E-state index contributed by atoms with van der Waals surface area (Å²) in [5, 5.41) is 33.7. The van der Waals surface area contributed by atoms with Crippen LogP contribution in [-0.4, -0.2) is 81.1 Å². The van der Waals surface area contributed by atoms with Gasteiger partial charge in [0.2, 0.25) is 0 Å². The number of aliphatic hydroxyl groups excluding tert-OH is 1. The minimum absolute atomic E-state index is 0. The van der Waals surface area contributed by atoms with Crippen LogP contribution < -0.4 is 0 Å². The van der Waals surface area contributed by atoms with Crippen LogP contribution in [0.4, 0.5) is 0 Å². The van der Waals surface area contributed by atoms with Crippen molar-refractivity contribution >= 4 is 17.9 Å². The predicted molar refractivity (Wildman–Crippen MR) is 277 cm³/mol. The molecule has 3 heterocycles. The van der Waals surface area contributed by atoms with Gasteiger partial charge in [0.05, 0.1) is 36.6 Å². The number of rotatable bonds is 42. The number of carbonyl (C=O) groups is 3. The van der Waals surface area contributed by atoms with Crippen LogP contribution in [0.2, 0.25) is 0 Å². The van der Waals surface area contributed by atoms with Crippen LogP contribution in [0, 0.1) is 0 Å². The number of allylic oxidation sites excluding steroid dienone is 3. The molecular formula is C57H104O10Ti. The fourth-order valence-electron chi connectivity index (χ4n) is 7.96. The van der Waals surface area contributed by atoms with E-state index in [9.17, 15) is 14.4 Å². The van der Waals surface area contributed by atoms with Crippen molar-refractivity contribution < 1.29 is 70.7 Å². The molecule has 0 aromatic rings. The summed E-state index contributed by atoms with van der Waals surface area (Å²) >= 11 is 0. The molecule has 11 heteroatoms. The Kier molecular flexibility index (Phi) is 50.3. The molecule has 0 aromatic carbocycles. The second-order valence-corrected chi connectivity index (χ2v) is 19.4. The molecular weight excluding hydrogens is 892 g/mol. The van der Waals surface area contributed by atoms with Gasteiger partial charge in [-0.2, -0.15) is 0 Å². The van der Waals surface area contributed by atoms with Crippen LogP contribution in [0.1, 0.15) is 266 Å². The van der Waals surface area contributed by atoms with Gasteiger partial charge in [0.25, 0.3) is 0 Å². The van der Waals surface area contributed by atoms with E-state index in [1.807, 2.05) is 0 Å². The van der Waals surface area contributed by atoms with Crippen LogP contribution in [0.5, 0.6) is 0 Å². The first kappa shape index (κ1) is 68.3. The number of ether oxygens (including phenoxy) is 3. The van der Waals surface area contributed by atoms with Crippen molar-refractivity contribution in [2.45, 2.75) is 308 Å². The second kappa shape index (κ2) is 50.1. The maximum atomic E-state index is 10.4. The van der Waals surface area contributed by atoms with Crippen LogP contribution in [0.3, 0.4) is 0 Å². The Hall–Kier alpha value is -1.82. The molecule has 0 spiro atoms. The van der Waals surface area contributed by atoms with Crippen LogP contribution >= 0.6 is 0 Å². The molecule has 3 aliphatic rings. The maximum Gasteiger partial charge on any atom is 0.303 e. The summed E-state index contributed by atoms with van der Waals surface area (Å²) in [5.74, 6) is -2.02. The minimum Gasteiger partial charge on any atom is -0.481 e. The van der Waals surface area contributed by atoms with Gasteiger partial charge in [-0.25, -0.2) is 0 Å². The van der Waals surface area contributed by atoms with Gasteiger partial charge in [0, 0.05) is 47.1 Å². The smallest absolute Gasteiger partial charge is 0.303 e. The topological polar surface area (TPSA) is 170 Å². The van der Waals surface area contributed by atoms with Gasteiger partial charge in [-0.05, 0) is 110 Å². The molecule has 3 aliphatic heterocycles. The summed E-state index contributed by atoms with van der Waals surface area (Å²) in [4.78, 5) is 31.1. The first-order valence-electron chi connectivity index (χ1n) is 27.7. The van der Waals surface area contributed by atoms with E-state index in [2.05, 4.69) is 57.2 Å². The van der Waals surface area contributed by atoms with Gasteiger partial charge in [-0.15, -0.1) is 0 Å². The molecule has 68 heavy (non-hydrogen) atoms. The molecule has 0 aliphatic carbocycles. The summed E-state index contributed by atoms with van der Waals surface area (Å²) in [6, 6.07) is 0. The molecule has 0 radical (unpaired) electrons. The van der Waals surface area contributed by atoms with E-state index in [1.165, 1.54) is 135 Å². The predicted octanol–water partition coefficient (Wildman–Crippen LogP) is 15.7. The molecule has 0 amide bonds. The summed E-state index contributed by atoms with van der Waals surface area (Å²) < 4.78 is 17.0. The minimum atomic E-state index is -0.674. The van der Waals surface area contributed by atoms with E-state index in [1.54, 1.807) is 13.8 Å². The van der Waals surface area contributed by atoms with Gasteiger partial charge >= 0.3 is 17.9 Å². The number of hydrogen-bond donors (Lipinski definition) is 4. The Balaban J connectivity index is 0. The zero-order chi connectivity index (χ0) is 49.6. The zero-order valence-corrected chi connectivity index (χ0v) is 45.8. The van der Waals surface area contributed by atoms with Crippen molar-refractivity contribution in [3.63, 3.8) is 0 Å². The monoisotopic (exact) mass is 997 g/mol. The molecule has 0 saturated carbocycles. The van der Waals surface area contributed by atoms with Gasteiger partial charge in [-0.3, -0.25) is 14.4 Å². The van der Waals surface area contributed by atoms with E-state index in [-0.39, 0.29) is 27.8 Å². The summed E-state index contributed by atoms with van der Waals surface area (Å²) in [6.45, 7) is 10.1. The second-order valence-electron chi connectivity index (χ2n) is 19.4. The summed E-state index contributed by atoms with van der Waals surface area (Å²) in [6.07, 6.45) is 55.9. The largest absolute Gasteiger partial charge is 0.481 e. The summed E-state index contributed by atoms with van der Waals surface area (Å²) in [5.41, 5.74) is 0. The van der Waals surface area contributed by atoms with Crippen molar-refractivity contribution in [3.05, 3.63) is 36.5 Å². The third-order valence-electron chi connectivity index (χ3n) is 12.2. The van der Waals surface area contributed by atoms with E-state index >= 15 is 0 Å². The zero-order valence-electron chi connectivity index (χ0n) is 44.2. The molecule has 0 bridgehead atoms. The van der Waals surface area contributed by atoms with E-state index in [4.69, 9.17) is 34.6 Å². The fourth-order valence-corrected chi connectivity index (χ4v) is 7.96. The van der Waals surface area contributed by atoms with Crippen LogP contribution in [-0.2, 0) is 50.3 Å². The number of unbranched alkanes of at least 4 members (excludes halogenated alkanes) is 21. The molecule has 6 unspecified atom stereocenters. The normalized spacial score (nSPS) is 20.0. The molecule has 3 saturated heterocycles. The third kappa shape index (κ3) is 52.0. The summed E-state index contributed by atoms with van der Waals surface area (Å²) in [7, 11) is 0. The Morgan fingerprint density at radius 1 is 0.382 bits per heavy atom. The van der Waals surface area contributed by atoms with Crippen LogP contribution in [0.15, 0.2) is 36.5 Å². The number of carboxylic acids is 3. The molecule has 10 nitrogen and oxygen atoms in total. The molecule has 396 valence electrons. The Labute approximate surface area is 431 Å². The number of hydrogen-bond acceptors (Lipinski definition) is 7. The molecule has 3 rings (SSSR count).